The van der Waals surface area contributed by atoms with E-state index in [-0.39, 0.29) is 0 Å². The molecule has 0 bridgehead atoms. The molecule has 2 atom stereocenters. The molecule has 4 heteroatoms. The molecule has 0 radical (unpaired) electrons. The van der Waals surface area contributed by atoms with Gasteiger partial charge in [0.15, 0.2) is 0 Å². The van der Waals surface area contributed by atoms with E-state index in [1.165, 1.54) is 5.56 Å². The molecule has 1 aliphatic rings. The summed E-state index contributed by atoms with van der Waals surface area (Å²) >= 11 is 0. The van der Waals surface area contributed by atoms with Crippen molar-refractivity contribution in [3.63, 3.8) is 0 Å². The first-order valence-electron chi connectivity index (χ1n) is 6.63. The quantitative estimate of drug-likeness (QED) is 0.833. The van der Waals surface area contributed by atoms with Crippen molar-refractivity contribution in [3.05, 3.63) is 23.9 Å². The lowest BCUT2D eigenvalue weighted by atomic mass is 9.93. The van der Waals surface area contributed by atoms with E-state index in [9.17, 15) is 0 Å². The van der Waals surface area contributed by atoms with Gasteiger partial charge in [-0.1, -0.05) is 13.0 Å². The second kappa shape index (κ2) is 6.71. The van der Waals surface area contributed by atoms with E-state index in [0.29, 0.717) is 17.8 Å². The maximum Gasteiger partial charge on any atom is 0.212 e. The molecule has 1 aromatic rings. The van der Waals surface area contributed by atoms with Gasteiger partial charge in [-0.3, -0.25) is 0 Å². The van der Waals surface area contributed by atoms with Gasteiger partial charge in [-0.2, -0.15) is 0 Å². The molecule has 2 unspecified atom stereocenters. The Hall–Kier alpha value is -1.13. The fourth-order valence-electron chi connectivity index (χ4n) is 2.44. The Morgan fingerprint density at radius 1 is 1.56 bits per heavy atom. The highest BCUT2D eigenvalue weighted by atomic mass is 16.5. The van der Waals surface area contributed by atoms with E-state index in [4.69, 9.17) is 9.47 Å². The fourth-order valence-corrected chi connectivity index (χ4v) is 2.44. The van der Waals surface area contributed by atoms with Crippen molar-refractivity contribution in [2.24, 2.45) is 5.92 Å². The molecule has 0 aromatic carbocycles. The molecular formula is C14H22N2O2. The van der Waals surface area contributed by atoms with Gasteiger partial charge in [0.2, 0.25) is 5.88 Å². The summed E-state index contributed by atoms with van der Waals surface area (Å²) in [6.07, 6.45) is 4.05. The number of likely N-dealkylation sites (N-methyl/N-ethyl adjacent to an activating group) is 1. The molecule has 2 rings (SSSR count). The number of hydrogen-bond donors (Lipinski definition) is 1. The Balaban J connectivity index is 1.98. The minimum Gasteiger partial charge on any atom is -0.481 e. The normalized spacial score (nSPS) is 20.9. The molecule has 100 valence electrons. The lowest BCUT2D eigenvalue weighted by molar-refractivity contribution is 0.176. The molecule has 0 amide bonds. The minimum absolute atomic E-state index is 0.479. The van der Waals surface area contributed by atoms with Gasteiger partial charge >= 0.3 is 0 Å². The molecule has 1 saturated heterocycles. The molecule has 0 saturated carbocycles. The highest BCUT2D eigenvalue weighted by molar-refractivity contribution is 5.18. The third-order valence-corrected chi connectivity index (χ3v) is 3.46. The van der Waals surface area contributed by atoms with Crippen LogP contribution in [0, 0.1) is 5.92 Å². The summed E-state index contributed by atoms with van der Waals surface area (Å²) in [6, 6.07) is 4.49. The Kier molecular flexibility index (Phi) is 4.96. The zero-order valence-electron chi connectivity index (χ0n) is 11.2. The predicted molar refractivity (Wildman–Crippen MR) is 70.9 cm³/mol. The Morgan fingerprint density at radius 2 is 2.44 bits per heavy atom. The van der Waals surface area contributed by atoms with Crippen molar-refractivity contribution in [2.75, 3.05) is 26.9 Å². The third-order valence-electron chi connectivity index (χ3n) is 3.46. The summed E-state index contributed by atoms with van der Waals surface area (Å²) in [6.45, 7) is 4.91. The van der Waals surface area contributed by atoms with Crippen LogP contribution in [-0.4, -0.2) is 37.9 Å². The fraction of sp³-hybridized carbons (Fsp3) is 0.643. The van der Waals surface area contributed by atoms with E-state index < -0.39 is 0 Å². The number of ether oxygens (including phenoxy) is 2. The van der Waals surface area contributed by atoms with Gasteiger partial charge in [-0.25, -0.2) is 4.98 Å². The van der Waals surface area contributed by atoms with Crippen LogP contribution in [0.2, 0.25) is 0 Å². The molecule has 1 aliphatic heterocycles. The average molecular weight is 250 g/mol. The van der Waals surface area contributed by atoms with Crippen LogP contribution >= 0.6 is 0 Å². The topological polar surface area (TPSA) is 43.4 Å². The van der Waals surface area contributed by atoms with Crippen molar-refractivity contribution in [3.8, 4) is 5.88 Å². The van der Waals surface area contributed by atoms with Gasteiger partial charge in [0.25, 0.3) is 0 Å². The van der Waals surface area contributed by atoms with E-state index in [2.05, 4.69) is 23.3 Å². The molecular weight excluding hydrogens is 228 g/mol. The molecule has 1 fully saturated rings. The van der Waals surface area contributed by atoms with Crippen LogP contribution in [0.15, 0.2) is 18.3 Å². The summed E-state index contributed by atoms with van der Waals surface area (Å²) in [5, 5.41) is 3.56. The molecule has 0 aliphatic carbocycles. The third kappa shape index (κ3) is 3.43. The second-order valence-corrected chi connectivity index (χ2v) is 4.70. The smallest absolute Gasteiger partial charge is 0.212 e. The summed E-state index contributed by atoms with van der Waals surface area (Å²) in [4.78, 5) is 4.26. The molecule has 1 aromatic heterocycles. The first-order valence-corrected chi connectivity index (χ1v) is 6.63. The van der Waals surface area contributed by atoms with Gasteiger partial charge in [0, 0.05) is 30.8 Å². The van der Waals surface area contributed by atoms with E-state index in [1.807, 2.05) is 12.3 Å². The van der Waals surface area contributed by atoms with Crippen LogP contribution in [0.4, 0.5) is 0 Å². The number of nitrogens with zero attached hydrogens (tertiary/aromatic N) is 1. The van der Waals surface area contributed by atoms with Crippen LogP contribution in [0.1, 0.15) is 18.9 Å². The first kappa shape index (κ1) is 13.3. The first-order chi connectivity index (χ1) is 8.83. The highest BCUT2D eigenvalue weighted by Crippen LogP contribution is 2.20. The predicted octanol–water partition coefficient (Wildman–Crippen LogP) is 1.65. The maximum absolute atomic E-state index is 5.48. The molecule has 18 heavy (non-hydrogen) atoms. The van der Waals surface area contributed by atoms with Gasteiger partial charge in [-0.15, -0.1) is 0 Å². The number of pyridine rings is 1. The van der Waals surface area contributed by atoms with Gasteiger partial charge in [0.1, 0.15) is 0 Å². The lowest BCUT2D eigenvalue weighted by Crippen LogP contribution is -2.38. The van der Waals surface area contributed by atoms with Crippen LogP contribution < -0.4 is 10.1 Å². The SMILES string of the molecule is CCNC(Cc1ccc(OC)nc1)C1CCOC1. The highest BCUT2D eigenvalue weighted by Gasteiger charge is 2.25. The minimum atomic E-state index is 0.479. The Morgan fingerprint density at radius 3 is 3.00 bits per heavy atom. The summed E-state index contributed by atoms with van der Waals surface area (Å²) < 4.78 is 10.6. The van der Waals surface area contributed by atoms with E-state index >= 15 is 0 Å². The number of hydrogen-bond acceptors (Lipinski definition) is 4. The molecule has 0 spiro atoms. The van der Waals surface area contributed by atoms with Crippen molar-refractivity contribution in [1.82, 2.24) is 10.3 Å². The number of methoxy groups -OCH3 is 1. The second-order valence-electron chi connectivity index (χ2n) is 4.70. The summed E-state index contributed by atoms with van der Waals surface area (Å²) in [7, 11) is 1.64. The Labute approximate surface area is 109 Å². The molecule has 4 nitrogen and oxygen atoms in total. The summed E-state index contributed by atoms with van der Waals surface area (Å²) in [5.74, 6) is 1.29. The van der Waals surface area contributed by atoms with Crippen LogP contribution in [-0.2, 0) is 11.2 Å². The van der Waals surface area contributed by atoms with Crippen LogP contribution in [0.3, 0.4) is 0 Å². The van der Waals surface area contributed by atoms with Crippen molar-refractivity contribution >= 4 is 0 Å². The average Bonchev–Trinajstić information content (AvgIpc) is 2.93. The number of rotatable bonds is 6. The standard InChI is InChI=1S/C14H22N2O2/c1-3-15-13(12-6-7-18-10-12)8-11-4-5-14(17-2)16-9-11/h4-5,9,12-13,15H,3,6-8,10H2,1-2H3. The maximum atomic E-state index is 5.48. The zero-order chi connectivity index (χ0) is 12.8. The largest absolute Gasteiger partial charge is 0.481 e. The summed E-state index contributed by atoms with van der Waals surface area (Å²) in [5.41, 5.74) is 1.24. The van der Waals surface area contributed by atoms with Crippen LogP contribution in [0.25, 0.3) is 0 Å². The van der Waals surface area contributed by atoms with Gasteiger partial charge in [0.05, 0.1) is 13.7 Å². The van der Waals surface area contributed by atoms with Crippen molar-refractivity contribution in [1.29, 1.82) is 0 Å². The van der Waals surface area contributed by atoms with Gasteiger partial charge in [-0.05, 0) is 24.9 Å². The monoisotopic (exact) mass is 250 g/mol. The lowest BCUT2D eigenvalue weighted by Gasteiger charge is -2.23. The molecule has 2 heterocycles. The number of aromatic nitrogens is 1. The number of nitrogens with one attached hydrogen (secondary N) is 1. The van der Waals surface area contributed by atoms with E-state index in [1.54, 1.807) is 7.11 Å². The van der Waals surface area contributed by atoms with Gasteiger partial charge < -0.3 is 14.8 Å². The van der Waals surface area contributed by atoms with Crippen molar-refractivity contribution in [2.45, 2.75) is 25.8 Å². The van der Waals surface area contributed by atoms with E-state index in [0.717, 1.165) is 32.6 Å². The molecule has 1 N–H and O–H groups in total. The zero-order valence-corrected chi connectivity index (χ0v) is 11.2. The van der Waals surface area contributed by atoms with Crippen molar-refractivity contribution < 1.29 is 9.47 Å². The van der Waals surface area contributed by atoms with Crippen LogP contribution in [0.5, 0.6) is 5.88 Å². The Bertz CT molecular complexity index is 347.